The Balaban J connectivity index is 2.40. The normalized spacial score (nSPS) is 14.2. The first-order valence-electron chi connectivity index (χ1n) is 13.4. The molecule has 7 nitrogen and oxygen atoms in total. The third-order valence-corrected chi connectivity index (χ3v) is 6.38. The molecule has 2 aromatic rings. The third kappa shape index (κ3) is 8.83. The highest BCUT2D eigenvalue weighted by Crippen LogP contribution is 2.31. The molecule has 0 saturated heterocycles. The molecule has 2 rings (SSSR count). The molecule has 2 N–H and O–H groups in total. The Morgan fingerprint density at radius 2 is 1.77 bits per heavy atom. The van der Waals surface area contributed by atoms with E-state index in [1.165, 1.54) is 11.9 Å². The number of hydrogen-bond donors (Lipinski definition) is 2. The lowest BCUT2D eigenvalue weighted by Gasteiger charge is -2.21. The molecule has 1 heterocycles. The fraction of sp³-hybridized carbons (Fsp3) is 0.303. The van der Waals surface area contributed by atoms with Gasteiger partial charge in [0.15, 0.2) is 0 Å². The van der Waals surface area contributed by atoms with Crippen LogP contribution in [-0.4, -0.2) is 43.3 Å². The average molecular weight is 538 g/mol. The van der Waals surface area contributed by atoms with Crippen molar-refractivity contribution in [3.8, 4) is 0 Å². The molecule has 0 bridgehead atoms. The summed E-state index contributed by atoms with van der Waals surface area (Å²) in [4.78, 5) is 21.8. The predicted octanol–water partition coefficient (Wildman–Crippen LogP) is 7.46. The number of allylic oxidation sites excluding steroid dienone is 8. The third-order valence-electron chi connectivity index (χ3n) is 6.38. The molecule has 0 saturated carbocycles. The van der Waals surface area contributed by atoms with E-state index in [0.717, 1.165) is 45.1 Å². The second-order valence-electron chi connectivity index (χ2n) is 9.67. The highest BCUT2D eigenvalue weighted by atomic mass is 15.0. The van der Waals surface area contributed by atoms with E-state index in [-0.39, 0.29) is 12.0 Å². The van der Waals surface area contributed by atoms with E-state index in [1.54, 1.807) is 19.5 Å². The summed E-state index contributed by atoms with van der Waals surface area (Å²) in [6.45, 7) is 20.2. The Kier molecular flexibility index (Phi) is 12.6. The first-order valence-corrected chi connectivity index (χ1v) is 13.4. The average Bonchev–Trinajstić information content (AvgIpc) is 2.95. The summed E-state index contributed by atoms with van der Waals surface area (Å²) in [6.07, 6.45) is 13.3. The van der Waals surface area contributed by atoms with Crippen molar-refractivity contribution in [2.24, 2.45) is 15.0 Å². The molecule has 1 aromatic heterocycles. The Hall–Kier alpha value is -4.39. The minimum Gasteiger partial charge on any atom is -0.373 e. The van der Waals surface area contributed by atoms with Gasteiger partial charge in [-0.25, -0.2) is 15.0 Å². The van der Waals surface area contributed by atoms with Crippen molar-refractivity contribution >= 4 is 30.7 Å². The maximum atomic E-state index is 4.93. The molecule has 0 aliphatic rings. The van der Waals surface area contributed by atoms with E-state index in [2.05, 4.69) is 115 Å². The van der Waals surface area contributed by atoms with E-state index in [9.17, 15) is 0 Å². The van der Waals surface area contributed by atoms with Gasteiger partial charge in [-0.2, -0.15) is 0 Å². The van der Waals surface area contributed by atoms with E-state index >= 15 is 0 Å². The van der Waals surface area contributed by atoms with Crippen molar-refractivity contribution in [3.63, 3.8) is 0 Å². The van der Waals surface area contributed by atoms with Gasteiger partial charge in [0.2, 0.25) is 0 Å². The summed E-state index contributed by atoms with van der Waals surface area (Å²) in [5, 5.41) is 6.69. The summed E-state index contributed by atoms with van der Waals surface area (Å²) in [5.74, 6) is 1.46. The van der Waals surface area contributed by atoms with Crippen LogP contribution in [0.3, 0.4) is 0 Å². The van der Waals surface area contributed by atoms with Crippen LogP contribution in [0.5, 0.6) is 0 Å². The summed E-state index contributed by atoms with van der Waals surface area (Å²) in [5.41, 5.74) is 7.94. The lowest BCUT2D eigenvalue weighted by molar-refractivity contribution is 0.820. The monoisotopic (exact) mass is 537 g/mol. The van der Waals surface area contributed by atoms with Crippen LogP contribution in [0.15, 0.2) is 98.9 Å². The van der Waals surface area contributed by atoms with Gasteiger partial charge in [-0.1, -0.05) is 67.6 Å². The first kappa shape index (κ1) is 31.8. The predicted molar refractivity (Wildman–Crippen MR) is 174 cm³/mol. The molecule has 0 spiro atoms. The highest BCUT2D eigenvalue weighted by molar-refractivity contribution is 5.78. The van der Waals surface area contributed by atoms with Gasteiger partial charge >= 0.3 is 0 Å². The molecular weight excluding hydrogens is 494 g/mol. The first-order chi connectivity index (χ1) is 19.2. The number of nitrogens with zero attached hydrogens (tertiary/aromatic N) is 5. The van der Waals surface area contributed by atoms with Gasteiger partial charge in [-0.3, -0.25) is 9.98 Å². The molecule has 1 aromatic carbocycles. The van der Waals surface area contributed by atoms with Crippen molar-refractivity contribution in [2.75, 3.05) is 19.4 Å². The number of anilines is 1. The molecule has 0 aliphatic heterocycles. The Bertz CT molecular complexity index is 1350. The van der Waals surface area contributed by atoms with E-state index < -0.39 is 0 Å². The lowest BCUT2D eigenvalue weighted by Crippen LogP contribution is -2.14. The Labute approximate surface area is 240 Å². The fourth-order valence-electron chi connectivity index (χ4n) is 4.05. The smallest absolute Gasteiger partial charge is 0.148 e. The zero-order valence-corrected chi connectivity index (χ0v) is 25.2. The second kappa shape index (κ2) is 15.9. The molecule has 0 aliphatic carbocycles. The molecule has 40 heavy (non-hydrogen) atoms. The minimum absolute atomic E-state index is 0.00652. The lowest BCUT2D eigenvalue weighted by atomic mass is 9.95. The molecule has 0 amide bonds. The van der Waals surface area contributed by atoms with Crippen LogP contribution in [0, 0.1) is 0 Å². The Morgan fingerprint density at radius 1 is 1.07 bits per heavy atom. The zero-order chi connectivity index (χ0) is 29.7. The summed E-state index contributed by atoms with van der Waals surface area (Å²) in [7, 11) is 3.56. The molecule has 210 valence electrons. The topological polar surface area (TPSA) is 86.9 Å². The summed E-state index contributed by atoms with van der Waals surface area (Å²) >= 11 is 0. The van der Waals surface area contributed by atoms with Gasteiger partial charge in [0.1, 0.15) is 18.0 Å². The molecule has 0 fully saturated rings. The van der Waals surface area contributed by atoms with Gasteiger partial charge in [0.25, 0.3) is 0 Å². The standard InChI is InChI=1S/C33H43N7/c1-11-12-27(14-13-22(2)3)25(6)31-33(37-20-30(40-31)19-34-8)39-26(7)29-17-15-28(16-18-29)23(4)24(5)32(36-10)38-21-35-9/h11-21,25-26,36H,4,9H2,1-3,5-8,10H3,(H,37,39)/b12-11+,27-14+,32-24+,34-19?,38-21-. The molecular formula is C33H43N7. The molecule has 7 heteroatoms. The molecule has 2 unspecified atom stereocenters. The highest BCUT2D eigenvalue weighted by Gasteiger charge is 2.19. The van der Waals surface area contributed by atoms with E-state index in [4.69, 9.17) is 9.97 Å². The second-order valence-corrected chi connectivity index (χ2v) is 9.67. The van der Waals surface area contributed by atoms with E-state index in [1.807, 2.05) is 20.9 Å². The van der Waals surface area contributed by atoms with Crippen molar-refractivity contribution in [1.82, 2.24) is 15.3 Å². The summed E-state index contributed by atoms with van der Waals surface area (Å²) in [6, 6.07) is 8.35. The van der Waals surface area contributed by atoms with Gasteiger partial charge in [-0.15, -0.1) is 0 Å². The number of aromatic nitrogens is 2. The van der Waals surface area contributed by atoms with Crippen LogP contribution in [-0.2, 0) is 0 Å². The quantitative estimate of drug-likeness (QED) is 0.158. The minimum atomic E-state index is -0.00652. The van der Waals surface area contributed by atoms with Crippen molar-refractivity contribution < 1.29 is 0 Å². The van der Waals surface area contributed by atoms with Crippen LogP contribution < -0.4 is 10.6 Å². The van der Waals surface area contributed by atoms with E-state index in [0.29, 0.717) is 5.82 Å². The van der Waals surface area contributed by atoms with Crippen LogP contribution in [0.1, 0.15) is 76.0 Å². The zero-order valence-electron chi connectivity index (χ0n) is 25.2. The Morgan fingerprint density at radius 3 is 2.35 bits per heavy atom. The van der Waals surface area contributed by atoms with Crippen LogP contribution in [0.25, 0.3) is 5.57 Å². The van der Waals surface area contributed by atoms with Crippen molar-refractivity contribution in [1.29, 1.82) is 0 Å². The SMILES string of the molecule is C=N/C=N\C(NC)=C(/C)C(=C)c1ccc(C(C)Nc2ncc(C=NC)nc2C(C)C(/C=C/C)=C/C=C(C)C)cc1. The maximum Gasteiger partial charge on any atom is 0.148 e. The van der Waals surface area contributed by atoms with Gasteiger partial charge in [0.05, 0.1) is 23.6 Å². The molecule has 2 atom stereocenters. The van der Waals surface area contributed by atoms with Crippen LogP contribution in [0.4, 0.5) is 5.82 Å². The van der Waals surface area contributed by atoms with Gasteiger partial charge in [0, 0.05) is 26.2 Å². The number of nitrogens with one attached hydrogen (secondary N) is 2. The maximum absolute atomic E-state index is 4.93. The fourth-order valence-corrected chi connectivity index (χ4v) is 4.05. The number of benzene rings is 1. The van der Waals surface area contributed by atoms with Gasteiger partial charge in [-0.05, 0) is 69.2 Å². The summed E-state index contributed by atoms with van der Waals surface area (Å²) < 4.78 is 0. The van der Waals surface area contributed by atoms with Crippen molar-refractivity contribution in [3.05, 3.63) is 106 Å². The van der Waals surface area contributed by atoms with Crippen LogP contribution in [0.2, 0.25) is 0 Å². The van der Waals surface area contributed by atoms with Crippen LogP contribution >= 0.6 is 0 Å². The van der Waals surface area contributed by atoms with Gasteiger partial charge < -0.3 is 10.6 Å². The number of aliphatic imine (C=N–C) groups is 3. The number of hydrogen-bond acceptors (Lipinski definition) is 6. The number of rotatable bonds is 13. The molecule has 0 radical (unpaired) electrons. The van der Waals surface area contributed by atoms with Crippen molar-refractivity contribution in [2.45, 2.75) is 53.5 Å². The largest absolute Gasteiger partial charge is 0.373 e.